The molecular formula is C17H26N2O2. The Morgan fingerprint density at radius 2 is 1.71 bits per heavy atom. The first-order chi connectivity index (χ1) is 10.1. The Bertz CT molecular complexity index is 541. The molecule has 21 heavy (non-hydrogen) atoms. The van der Waals surface area contributed by atoms with Gasteiger partial charge in [0, 0.05) is 18.3 Å². The molecule has 0 atom stereocenters. The highest BCUT2D eigenvalue weighted by atomic mass is 16.3. The summed E-state index contributed by atoms with van der Waals surface area (Å²) >= 11 is 0. The minimum absolute atomic E-state index is 0.0192. The standard InChI is InChI=1S/C17H26N2O2/c1-3-4-5-6-7-8-9-10-11-19-13-16(20)14(2)15(12-18)17(19)21/h13,20H,3-11H2,1-2H3. The molecule has 0 aliphatic rings. The Labute approximate surface area is 127 Å². The van der Waals surface area contributed by atoms with Crippen molar-refractivity contribution in [2.75, 3.05) is 0 Å². The fourth-order valence-corrected chi connectivity index (χ4v) is 2.45. The summed E-state index contributed by atoms with van der Waals surface area (Å²) < 4.78 is 1.46. The van der Waals surface area contributed by atoms with Crippen molar-refractivity contribution in [1.82, 2.24) is 4.57 Å². The average Bonchev–Trinajstić information content (AvgIpc) is 2.47. The first-order valence-electron chi connectivity index (χ1n) is 7.95. The van der Waals surface area contributed by atoms with Gasteiger partial charge in [-0.15, -0.1) is 0 Å². The van der Waals surface area contributed by atoms with Gasteiger partial charge in [-0.1, -0.05) is 51.9 Å². The van der Waals surface area contributed by atoms with Gasteiger partial charge in [-0.2, -0.15) is 5.26 Å². The van der Waals surface area contributed by atoms with Crippen LogP contribution in [-0.4, -0.2) is 9.67 Å². The van der Waals surface area contributed by atoms with Crippen molar-refractivity contribution in [1.29, 1.82) is 5.26 Å². The second-order valence-electron chi connectivity index (χ2n) is 5.60. The molecule has 1 rings (SSSR count). The topological polar surface area (TPSA) is 66.0 Å². The molecule has 0 aliphatic heterocycles. The van der Waals surface area contributed by atoms with Crippen molar-refractivity contribution in [3.63, 3.8) is 0 Å². The molecule has 116 valence electrons. The van der Waals surface area contributed by atoms with Gasteiger partial charge in [0.25, 0.3) is 5.56 Å². The molecule has 1 aromatic heterocycles. The quantitative estimate of drug-likeness (QED) is 0.702. The van der Waals surface area contributed by atoms with Crippen LogP contribution in [0.15, 0.2) is 11.0 Å². The lowest BCUT2D eigenvalue weighted by molar-refractivity contribution is 0.455. The van der Waals surface area contributed by atoms with Gasteiger partial charge in [0.05, 0.1) is 0 Å². The molecule has 0 fully saturated rings. The molecule has 0 bridgehead atoms. The largest absolute Gasteiger partial charge is 0.506 e. The van der Waals surface area contributed by atoms with E-state index in [1.54, 1.807) is 6.92 Å². The third kappa shape index (κ3) is 5.26. The molecular weight excluding hydrogens is 264 g/mol. The number of hydrogen-bond donors (Lipinski definition) is 1. The summed E-state index contributed by atoms with van der Waals surface area (Å²) in [6.45, 7) is 4.37. The molecule has 4 heteroatoms. The molecule has 0 saturated carbocycles. The summed E-state index contributed by atoms with van der Waals surface area (Å²) in [5, 5.41) is 18.7. The van der Waals surface area contributed by atoms with Crippen LogP contribution in [0.4, 0.5) is 0 Å². The van der Waals surface area contributed by atoms with Gasteiger partial charge < -0.3 is 9.67 Å². The van der Waals surface area contributed by atoms with Gasteiger partial charge in [-0.05, 0) is 13.3 Å². The predicted octanol–water partition coefficient (Wildman–Crippen LogP) is 3.87. The Hall–Kier alpha value is -1.76. The van der Waals surface area contributed by atoms with E-state index in [2.05, 4.69) is 6.92 Å². The van der Waals surface area contributed by atoms with Crippen molar-refractivity contribution < 1.29 is 5.11 Å². The second-order valence-corrected chi connectivity index (χ2v) is 5.60. The van der Waals surface area contributed by atoms with E-state index in [-0.39, 0.29) is 16.9 Å². The van der Waals surface area contributed by atoms with Crippen molar-refractivity contribution >= 4 is 0 Å². The molecule has 0 aliphatic carbocycles. The lowest BCUT2D eigenvalue weighted by Gasteiger charge is -2.09. The summed E-state index contributed by atoms with van der Waals surface area (Å²) in [6.07, 6.45) is 11.0. The molecule has 0 spiro atoms. The number of unbranched alkanes of at least 4 members (excludes halogenated alkanes) is 7. The van der Waals surface area contributed by atoms with Crippen molar-refractivity contribution in [3.05, 3.63) is 27.7 Å². The smallest absolute Gasteiger partial charge is 0.268 e. The van der Waals surface area contributed by atoms with E-state index in [1.807, 2.05) is 6.07 Å². The third-order valence-corrected chi connectivity index (χ3v) is 3.88. The zero-order chi connectivity index (χ0) is 15.7. The zero-order valence-corrected chi connectivity index (χ0v) is 13.2. The fourth-order valence-electron chi connectivity index (χ4n) is 2.45. The van der Waals surface area contributed by atoms with E-state index in [9.17, 15) is 9.90 Å². The number of pyridine rings is 1. The maximum Gasteiger partial charge on any atom is 0.268 e. The number of rotatable bonds is 9. The molecule has 0 saturated heterocycles. The van der Waals surface area contributed by atoms with Gasteiger partial charge in [0.1, 0.15) is 17.4 Å². The van der Waals surface area contributed by atoms with Gasteiger partial charge in [0.2, 0.25) is 0 Å². The molecule has 1 N–H and O–H groups in total. The maximum absolute atomic E-state index is 12.0. The van der Waals surface area contributed by atoms with Crippen molar-refractivity contribution in [2.45, 2.75) is 71.8 Å². The highest BCUT2D eigenvalue weighted by Gasteiger charge is 2.11. The Morgan fingerprint density at radius 3 is 2.29 bits per heavy atom. The van der Waals surface area contributed by atoms with Crippen LogP contribution in [0.2, 0.25) is 0 Å². The lowest BCUT2D eigenvalue weighted by atomic mass is 10.1. The number of aromatic hydroxyl groups is 1. The van der Waals surface area contributed by atoms with Crippen LogP contribution >= 0.6 is 0 Å². The van der Waals surface area contributed by atoms with E-state index in [0.29, 0.717) is 12.1 Å². The first-order valence-corrected chi connectivity index (χ1v) is 7.95. The molecule has 0 aromatic carbocycles. The van der Waals surface area contributed by atoms with Crippen LogP contribution in [0.3, 0.4) is 0 Å². The molecule has 0 unspecified atom stereocenters. The average molecular weight is 290 g/mol. The number of nitriles is 1. The first kappa shape index (κ1) is 17.3. The summed E-state index contributed by atoms with van der Waals surface area (Å²) in [5.41, 5.74) is 0.125. The summed E-state index contributed by atoms with van der Waals surface area (Å²) in [6, 6.07) is 1.88. The molecule has 0 amide bonds. The summed E-state index contributed by atoms with van der Waals surface area (Å²) in [7, 11) is 0. The van der Waals surface area contributed by atoms with Gasteiger partial charge in [-0.25, -0.2) is 0 Å². The molecule has 1 heterocycles. The van der Waals surface area contributed by atoms with Gasteiger partial charge in [0.15, 0.2) is 0 Å². The minimum atomic E-state index is -0.296. The Kier molecular flexibility index (Phi) is 7.60. The van der Waals surface area contributed by atoms with Gasteiger partial charge >= 0.3 is 0 Å². The number of aryl methyl sites for hydroxylation is 1. The van der Waals surface area contributed by atoms with E-state index >= 15 is 0 Å². The minimum Gasteiger partial charge on any atom is -0.506 e. The molecule has 0 radical (unpaired) electrons. The van der Waals surface area contributed by atoms with E-state index < -0.39 is 0 Å². The number of hydrogen-bond acceptors (Lipinski definition) is 3. The second kappa shape index (κ2) is 9.23. The Morgan fingerprint density at radius 1 is 1.14 bits per heavy atom. The third-order valence-electron chi connectivity index (χ3n) is 3.88. The maximum atomic E-state index is 12.0. The Balaban J connectivity index is 2.42. The van der Waals surface area contributed by atoms with E-state index in [1.165, 1.54) is 49.3 Å². The van der Waals surface area contributed by atoms with Crippen LogP contribution in [0.1, 0.15) is 69.4 Å². The van der Waals surface area contributed by atoms with E-state index in [0.717, 1.165) is 12.8 Å². The van der Waals surface area contributed by atoms with Crippen LogP contribution in [0.5, 0.6) is 5.75 Å². The monoisotopic (exact) mass is 290 g/mol. The van der Waals surface area contributed by atoms with Crippen LogP contribution in [-0.2, 0) is 6.54 Å². The zero-order valence-electron chi connectivity index (χ0n) is 13.2. The predicted molar refractivity (Wildman–Crippen MR) is 84.4 cm³/mol. The molecule has 1 aromatic rings. The highest BCUT2D eigenvalue weighted by molar-refractivity contribution is 5.42. The number of nitrogens with zero attached hydrogens (tertiary/aromatic N) is 2. The summed E-state index contributed by atoms with van der Waals surface area (Å²) in [5.74, 6) is 0.0192. The van der Waals surface area contributed by atoms with Crippen LogP contribution < -0.4 is 5.56 Å². The fraction of sp³-hybridized carbons (Fsp3) is 0.647. The number of aromatic nitrogens is 1. The van der Waals surface area contributed by atoms with Gasteiger partial charge in [-0.3, -0.25) is 4.79 Å². The summed E-state index contributed by atoms with van der Waals surface area (Å²) in [4.78, 5) is 12.0. The van der Waals surface area contributed by atoms with Crippen LogP contribution in [0.25, 0.3) is 0 Å². The molecule has 4 nitrogen and oxygen atoms in total. The normalized spacial score (nSPS) is 10.5. The van der Waals surface area contributed by atoms with Crippen LogP contribution in [0, 0.1) is 18.3 Å². The highest BCUT2D eigenvalue weighted by Crippen LogP contribution is 2.16. The lowest BCUT2D eigenvalue weighted by Crippen LogP contribution is -2.23. The van der Waals surface area contributed by atoms with Crippen molar-refractivity contribution in [3.8, 4) is 11.8 Å². The van der Waals surface area contributed by atoms with E-state index in [4.69, 9.17) is 5.26 Å². The van der Waals surface area contributed by atoms with Crippen molar-refractivity contribution in [2.24, 2.45) is 0 Å². The SMILES string of the molecule is CCCCCCCCCCn1cc(O)c(C)c(C#N)c1=O.